The highest BCUT2D eigenvalue weighted by molar-refractivity contribution is 5.93. The van der Waals surface area contributed by atoms with Crippen molar-refractivity contribution in [3.63, 3.8) is 0 Å². The van der Waals surface area contributed by atoms with Crippen LogP contribution in [0.2, 0.25) is 0 Å². The number of rotatable bonds is 4. The molecule has 0 fully saturated rings. The van der Waals surface area contributed by atoms with E-state index in [4.69, 9.17) is 4.42 Å². The molecule has 0 radical (unpaired) electrons. The highest BCUT2D eigenvalue weighted by Gasteiger charge is 2.32. The van der Waals surface area contributed by atoms with Crippen molar-refractivity contribution in [2.24, 2.45) is 7.05 Å². The summed E-state index contributed by atoms with van der Waals surface area (Å²) in [7, 11) is 1.73. The Kier molecular flexibility index (Phi) is 3.80. The minimum atomic E-state index is -3.02. The third-order valence-corrected chi connectivity index (χ3v) is 3.06. The molecule has 0 saturated carbocycles. The Hall–Kier alpha value is -2.25. The topological polar surface area (TPSA) is 73.0 Å². The number of oxazole rings is 1. The lowest BCUT2D eigenvalue weighted by molar-refractivity contribution is -0.0111. The zero-order chi connectivity index (χ0) is 15.8. The first kappa shape index (κ1) is 15.1. The van der Waals surface area contributed by atoms with Gasteiger partial charge in [-0.3, -0.25) is 9.48 Å². The first-order chi connectivity index (χ1) is 9.68. The van der Waals surface area contributed by atoms with Gasteiger partial charge in [-0.05, 0) is 13.8 Å². The standard InChI is InChI=1S/C13H16F2N4O2/c1-7-10(11(20)18-8(2)13(3,14)15)21-12(17-7)9-5-16-19(4)6-9/h5-6,8H,1-4H3,(H,18,20). The maximum atomic E-state index is 13.1. The van der Waals surface area contributed by atoms with Gasteiger partial charge in [-0.1, -0.05) is 0 Å². The van der Waals surface area contributed by atoms with Crippen LogP contribution < -0.4 is 5.32 Å². The van der Waals surface area contributed by atoms with Crippen molar-refractivity contribution in [1.29, 1.82) is 0 Å². The Morgan fingerprint density at radius 1 is 1.52 bits per heavy atom. The van der Waals surface area contributed by atoms with Crippen LogP contribution in [0.25, 0.3) is 11.5 Å². The summed E-state index contributed by atoms with van der Waals surface area (Å²) >= 11 is 0. The van der Waals surface area contributed by atoms with Gasteiger partial charge in [0.25, 0.3) is 11.8 Å². The van der Waals surface area contributed by atoms with Crippen molar-refractivity contribution in [1.82, 2.24) is 20.1 Å². The molecule has 0 saturated heterocycles. The average molecular weight is 298 g/mol. The number of carbonyl (C=O) groups is 1. The Labute approximate surface area is 120 Å². The molecular formula is C13H16F2N4O2. The van der Waals surface area contributed by atoms with E-state index < -0.39 is 17.9 Å². The molecule has 1 unspecified atom stereocenters. The lowest BCUT2D eigenvalue weighted by Crippen LogP contribution is -2.43. The highest BCUT2D eigenvalue weighted by atomic mass is 19.3. The summed E-state index contributed by atoms with van der Waals surface area (Å²) in [6, 6.07) is -1.31. The monoisotopic (exact) mass is 298 g/mol. The number of aromatic nitrogens is 3. The van der Waals surface area contributed by atoms with Crippen molar-refractivity contribution >= 4 is 5.91 Å². The molecule has 21 heavy (non-hydrogen) atoms. The van der Waals surface area contributed by atoms with Gasteiger partial charge in [0.2, 0.25) is 11.7 Å². The Morgan fingerprint density at radius 3 is 2.71 bits per heavy atom. The van der Waals surface area contributed by atoms with Gasteiger partial charge in [-0.15, -0.1) is 0 Å². The normalized spacial score (nSPS) is 13.2. The van der Waals surface area contributed by atoms with Crippen LogP contribution in [0.4, 0.5) is 8.78 Å². The minimum Gasteiger partial charge on any atom is -0.431 e. The summed E-state index contributed by atoms with van der Waals surface area (Å²) in [6.07, 6.45) is 3.21. The summed E-state index contributed by atoms with van der Waals surface area (Å²) in [5, 5.41) is 6.18. The van der Waals surface area contributed by atoms with Crippen LogP contribution in [-0.2, 0) is 7.05 Å². The van der Waals surface area contributed by atoms with Gasteiger partial charge in [-0.25, -0.2) is 13.8 Å². The Morgan fingerprint density at radius 2 is 2.19 bits per heavy atom. The second-order valence-corrected chi connectivity index (χ2v) is 4.99. The molecule has 2 aromatic rings. The van der Waals surface area contributed by atoms with Crippen LogP contribution >= 0.6 is 0 Å². The van der Waals surface area contributed by atoms with E-state index in [-0.39, 0.29) is 11.7 Å². The Bertz CT molecular complexity index is 657. The molecule has 114 valence electrons. The molecule has 0 aromatic carbocycles. The van der Waals surface area contributed by atoms with Crippen LogP contribution in [0, 0.1) is 6.92 Å². The quantitative estimate of drug-likeness (QED) is 0.938. The van der Waals surface area contributed by atoms with E-state index in [0.717, 1.165) is 6.92 Å². The van der Waals surface area contributed by atoms with Crippen LogP contribution in [0.1, 0.15) is 30.1 Å². The van der Waals surface area contributed by atoms with Crippen molar-refractivity contribution in [2.45, 2.75) is 32.7 Å². The minimum absolute atomic E-state index is 0.0787. The van der Waals surface area contributed by atoms with E-state index in [2.05, 4.69) is 15.4 Å². The number of hydrogen-bond acceptors (Lipinski definition) is 4. The fourth-order valence-corrected chi connectivity index (χ4v) is 1.65. The molecule has 2 aromatic heterocycles. The smallest absolute Gasteiger partial charge is 0.289 e. The van der Waals surface area contributed by atoms with E-state index in [0.29, 0.717) is 11.3 Å². The van der Waals surface area contributed by atoms with E-state index in [9.17, 15) is 13.6 Å². The summed E-state index contributed by atoms with van der Waals surface area (Å²) in [5.74, 6) is -3.59. The molecule has 6 nitrogen and oxygen atoms in total. The average Bonchev–Trinajstić information content (AvgIpc) is 2.94. The number of nitrogens with one attached hydrogen (secondary N) is 1. The molecule has 0 aliphatic rings. The lowest BCUT2D eigenvalue weighted by atomic mass is 10.2. The molecule has 1 atom stereocenters. The van der Waals surface area contributed by atoms with E-state index in [1.807, 2.05) is 0 Å². The van der Waals surface area contributed by atoms with Crippen molar-refractivity contribution in [3.05, 3.63) is 23.8 Å². The van der Waals surface area contributed by atoms with Gasteiger partial charge in [-0.2, -0.15) is 5.10 Å². The van der Waals surface area contributed by atoms with Gasteiger partial charge in [0, 0.05) is 20.2 Å². The molecule has 1 amide bonds. The predicted molar refractivity (Wildman–Crippen MR) is 71.0 cm³/mol. The summed E-state index contributed by atoms with van der Waals surface area (Å²) in [6.45, 7) is 3.55. The number of aryl methyl sites for hydroxylation is 2. The number of amides is 1. The summed E-state index contributed by atoms with van der Waals surface area (Å²) in [4.78, 5) is 16.1. The maximum Gasteiger partial charge on any atom is 0.289 e. The molecule has 1 N–H and O–H groups in total. The molecular weight excluding hydrogens is 282 g/mol. The Balaban J connectivity index is 2.21. The SMILES string of the molecule is Cc1nc(-c2cnn(C)c2)oc1C(=O)NC(C)C(C)(F)F. The number of hydrogen-bond donors (Lipinski definition) is 1. The molecule has 2 rings (SSSR count). The van der Waals surface area contributed by atoms with Gasteiger partial charge < -0.3 is 9.73 Å². The van der Waals surface area contributed by atoms with E-state index >= 15 is 0 Å². The molecule has 2 heterocycles. The maximum absolute atomic E-state index is 13.1. The van der Waals surface area contributed by atoms with Gasteiger partial charge >= 0.3 is 0 Å². The number of alkyl halides is 2. The third-order valence-electron chi connectivity index (χ3n) is 3.06. The van der Waals surface area contributed by atoms with Crippen molar-refractivity contribution < 1.29 is 18.0 Å². The number of nitrogens with zero attached hydrogens (tertiary/aromatic N) is 3. The van der Waals surface area contributed by atoms with Crippen molar-refractivity contribution in [3.8, 4) is 11.5 Å². The lowest BCUT2D eigenvalue weighted by Gasteiger charge is -2.19. The first-order valence-electron chi connectivity index (χ1n) is 6.33. The molecule has 8 heteroatoms. The molecule has 0 spiro atoms. The highest BCUT2D eigenvalue weighted by Crippen LogP contribution is 2.22. The van der Waals surface area contributed by atoms with Crippen LogP contribution in [0.15, 0.2) is 16.8 Å². The van der Waals surface area contributed by atoms with Gasteiger partial charge in [0.1, 0.15) is 0 Å². The number of halogens is 2. The van der Waals surface area contributed by atoms with Gasteiger partial charge in [0.05, 0.1) is 23.5 Å². The fourth-order valence-electron chi connectivity index (χ4n) is 1.65. The fraction of sp³-hybridized carbons (Fsp3) is 0.462. The first-order valence-corrected chi connectivity index (χ1v) is 6.33. The zero-order valence-electron chi connectivity index (χ0n) is 12.1. The summed E-state index contributed by atoms with van der Waals surface area (Å²) in [5.41, 5.74) is 0.937. The third kappa shape index (κ3) is 3.26. The van der Waals surface area contributed by atoms with Gasteiger partial charge in [0.15, 0.2) is 0 Å². The second kappa shape index (κ2) is 5.27. The van der Waals surface area contributed by atoms with E-state index in [1.54, 1.807) is 24.9 Å². The molecule has 0 aliphatic carbocycles. The van der Waals surface area contributed by atoms with Crippen LogP contribution in [-0.4, -0.2) is 32.6 Å². The number of carbonyl (C=O) groups excluding carboxylic acids is 1. The molecule has 0 bridgehead atoms. The second-order valence-electron chi connectivity index (χ2n) is 4.99. The largest absolute Gasteiger partial charge is 0.431 e. The molecule has 0 aliphatic heterocycles. The predicted octanol–water partition coefficient (Wildman–Crippen LogP) is 2.16. The zero-order valence-corrected chi connectivity index (χ0v) is 12.1. The van der Waals surface area contributed by atoms with Crippen LogP contribution in [0.3, 0.4) is 0 Å². The van der Waals surface area contributed by atoms with E-state index in [1.165, 1.54) is 13.1 Å². The van der Waals surface area contributed by atoms with Crippen LogP contribution in [0.5, 0.6) is 0 Å². The van der Waals surface area contributed by atoms with Crippen molar-refractivity contribution in [2.75, 3.05) is 0 Å². The summed E-state index contributed by atoms with van der Waals surface area (Å²) < 4.78 is 33.1.